The normalized spacial score (nSPS) is 15.3. The molecule has 0 N–H and O–H groups in total. The Kier molecular flexibility index (Phi) is 6.39. The van der Waals surface area contributed by atoms with Gasteiger partial charge in [0, 0.05) is 28.5 Å². The molecular weight excluding hydrogens is 469 g/mol. The lowest BCUT2D eigenvalue weighted by atomic mass is 10.0. The van der Waals surface area contributed by atoms with Gasteiger partial charge in [-0.05, 0) is 81.3 Å². The fourth-order valence-electron chi connectivity index (χ4n) is 4.57. The van der Waals surface area contributed by atoms with Crippen LogP contribution in [-0.2, 0) is 20.5 Å². The molecule has 186 valence electrons. The number of benzene rings is 2. The Morgan fingerprint density at radius 3 is 2.25 bits per heavy atom. The van der Waals surface area contributed by atoms with Crippen LogP contribution in [0.15, 0.2) is 71.4 Å². The summed E-state index contributed by atoms with van der Waals surface area (Å²) in [6, 6.07) is 14.3. The van der Waals surface area contributed by atoms with Crippen molar-refractivity contribution in [1.29, 1.82) is 0 Å². The summed E-state index contributed by atoms with van der Waals surface area (Å²) in [5.41, 5.74) is 3.92. The van der Waals surface area contributed by atoms with Crippen LogP contribution in [0.4, 0.5) is 18.9 Å². The molecule has 0 radical (unpaired) electrons. The number of nitrogens with zero attached hydrogens (tertiary/aromatic N) is 2. The highest BCUT2D eigenvalue weighted by atomic mass is 19.4. The third-order valence-corrected chi connectivity index (χ3v) is 6.25. The molecule has 3 aromatic rings. The van der Waals surface area contributed by atoms with Gasteiger partial charge in [-0.2, -0.15) is 13.2 Å². The lowest BCUT2D eigenvalue weighted by Gasteiger charge is -2.19. The van der Waals surface area contributed by atoms with E-state index in [1.807, 2.05) is 55.7 Å². The van der Waals surface area contributed by atoms with Crippen LogP contribution in [0, 0.1) is 20.8 Å². The van der Waals surface area contributed by atoms with E-state index in [-0.39, 0.29) is 22.5 Å². The van der Waals surface area contributed by atoms with Gasteiger partial charge in [-0.3, -0.25) is 9.69 Å². The number of halogens is 3. The Labute approximate surface area is 207 Å². The number of hydrogen-bond donors (Lipinski definition) is 0. The number of methoxy groups -OCH3 is 1. The van der Waals surface area contributed by atoms with Crippen molar-refractivity contribution in [1.82, 2.24) is 4.57 Å². The molecule has 1 amide bonds. The number of rotatable bonds is 4. The van der Waals surface area contributed by atoms with Gasteiger partial charge in [-0.15, -0.1) is 0 Å². The molecule has 1 aromatic heterocycles. The quantitative estimate of drug-likeness (QED) is 0.316. The molecule has 0 saturated heterocycles. The summed E-state index contributed by atoms with van der Waals surface area (Å²) in [5, 5.41) is 0. The fourth-order valence-corrected chi connectivity index (χ4v) is 4.57. The Morgan fingerprint density at radius 1 is 0.944 bits per heavy atom. The first-order valence-corrected chi connectivity index (χ1v) is 11.2. The number of carbonyl (C=O) groups excluding carboxylic acids is 2. The molecule has 36 heavy (non-hydrogen) atoms. The standard InChI is InChI=1S/C28H25F3N2O3/c1-16-8-6-10-22(12-16)32-17(2)13-20(18(32)3)14-24-25(27(35)36-5)19(4)33(26(24)34)23-11-7-9-21(15-23)28(29,30)31/h6-15H,1-5H3/b24-14-. The van der Waals surface area contributed by atoms with Crippen LogP contribution in [0.25, 0.3) is 11.8 Å². The van der Waals surface area contributed by atoms with Crippen LogP contribution in [-0.4, -0.2) is 23.6 Å². The third kappa shape index (κ3) is 4.34. The SMILES string of the molecule is COC(=O)C1=C(C)N(c2cccc(C(F)(F)F)c2)C(=O)/C1=C\c1cc(C)n(-c2cccc(C)c2)c1C. The maximum atomic E-state index is 13.6. The summed E-state index contributed by atoms with van der Waals surface area (Å²) in [6.45, 7) is 7.35. The molecule has 0 bridgehead atoms. The molecule has 0 fully saturated rings. The monoisotopic (exact) mass is 494 g/mol. The summed E-state index contributed by atoms with van der Waals surface area (Å²) >= 11 is 0. The molecule has 5 nitrogen and oxygen atoms in total. The topological polar surface area (TPSA) is 51.5 Å². The predicted molar refractivity (Wildman–Crippen MR) is 132 cm³/mol. The van der Waals surface area contributed by atoms with Crippen molar-refractivity contribution in [2.45, 2.75) is 33.9 Å². The van der Waals surface area contributed by atoms with Gasteiger partial charge in [0.25, 0.3) is 5.91 Å². The summed E-state index contributed by atoms with van der Waals surface area (Å²) < 4.78 is 46.9. The average Bonchev–Trinajstić information content (AvgIpc) is 3.24. The highest BCUT2D eigenvalue weighted by Gasteiger charge is 2.39. The van der Waals surface area contributed by atoms with E-state index >= 15 is 0 Å². The van der Waals surface area contributed by atoms with Gasteiger partial charge in [0.15, 0.2) is 0 Å². The van der Waals surface area contributed by atoms with Crippen molar-refractivity contribution in [3.05, 3.63) is 99.5 Å². The average molecular weight is 495 g/mol. The minimum Gasteiger partial charge on any atom is -0.465 e. The number of aromatic nitrogens is 1. The van der Waals surface area contributed by atoms with E-state index in [4.69, 9.17) is 4.74 Å². The number of carbonyl (C=O) groups is 2. The summed E-state index contributed by atoms with van der Waals surface area (Å²) in [7, 11) is 1.20. The largest absolute Gasteiger partial charge is 0.465 e. The van der Waals surface area contributed by atoms with Gasteiger partial charge in [0.2, 0.25) is 0 Å². The van der Waals surface area contributed by atoms with Crippen LogP contribution in [0.2, 0.25) is 0 Å². The van der Waals surface area contributed by atoms with Crippen molar-refractivity contribution in [2.24, 2.45) is 0 Å². The second kappa shape index (κ2) is 9.18. The predicted octanol–water partition coefficient (Wildman–Crippen LogP) is 6.30. The van der Waals surface area contributed by atoms with Crippen LogP contribution >= 0.6 is 0 Å². The molecule has 0 saturated carbocycles. The molecule has 2 heterocycles. The number of amides is 1. The van der Waals surface area contributed by atoms with Gasteiger partial charge in [0.1, 0.15) is 0 Å². The van der Waals surface area contributed by atoms with Gasteiger partial charge in [0.05, 0.1) is 23.8 Å². The van der Waals surface area contributed by atoms with E-state index in [1.54, 1.807) is 6.08 Å². The minimum atomic E-state index is -4.58. The highest BCUT2D eigenvalue weighted by molar-refractivity contribution is 6.23. The van der Waals surface area contributed by atoms with Crippen LogP contribution in [0.5, 0.6) is 0 Å². The highest BCUT2D eigenvalue weighted by Crippen LogP contribution is 2.38. The first-order valence-electron chi connectivity index (χ1n) is 11.2. The summed E-state index contributed by atoms with van der Waals surface area (Å²) in [6.07, 6.45) is -2.98. The van der Waals surface area contributed by atoms with Crippen molar-refractivity contribution < 1.29 is 27.5 Å². The smallest absolute Gasteiger partial charge is 0.416 e. The second-order valence-electron chi connectivity index (χ2n) is 8.70. The van der Waals surface area contributed by atoms with Gasteiger partial charge >= 0.3 is 12.1 Å². The first-order chi connectivity index (χ1) is 16.9. The maximum absolute atomic E-state index is 13.6. The van der Waals surface area contributed by atoms with E-state index in [9.17, 15) is 22.8 Å². The van der Waals surface area contributed by atoms with Gasteiger partial charge in [-0.1, -0.05) is 18.2 Å². The third-order valence-electron chi connectivity index (χ3n) is 6.25. The van der Waals surface area contributed by atoms with E-state index in [0.717, 1.165) is 39.7 Å². The van der Waals surface area contributed by atoms with E-state index in [2.05, 4.69) is 0 Å². The van der Waals surface area contributed by atoms with Crippen LogP contribution in [0.1, 0.15) is 35.0 Å². The molecular formula is C28H25F3N2O3. The first kappa shape index (κ1) is 25.0. The number of esters is 1. The molecule has 0 atom stereocenters. The van der Waals surface area contributed by atoms with Crippen molar-refractivity contribution >= 4 is 23.6 Å². The van der Waals surface area contributed by atoms with Gasteiger partial charge < -0.3 is 9.30 Å². The van der Waals surface area contributed by atoms with Crippen molar-refractivity contribution in [3.63, 3.8) is 0 Å². The molecule has 2 aromatic carbocycles. The number of allylic oxidation sites excluding steroid dienone is 1. The number of anilines is 1. The number of alkyl halides is 3. The lowest BCUT2D eigenvalue weighted by Crippen LogP contribution is -2.25. The molecule has 1 aliphatic rings. The van der Waals surface area contributed by atoms with E-state index < -0.39 is 23.6 Å². The zero-order chi connectivity index (χ0) is 26.4. The minimum absolute atomic E-state index is 0.0141. The zero-order valence-corrected chi connectivity index (χ0v) is 20.5. The zero-order valence-electron chi connectivity index (χ0n) is 20.5. The van der Waals surface area contributed by atoms with Crippen molar-refractivity contribution in [2.75, 3.05) is 12.0 Å². The van der Waals surface area contributed by atoms with Crippen LogP contribution < -0.4 is 4.90 Å². The number of aryl methyl sites for hydroxylation is 2. The summed E-state index contributed by atoms with van der Waals surface area (Å²) in [5.74, 6) is -1.35. The summed E-state index contributed by atoms with van der Waals surface area (Å²) in [4.78, 5) is 27.4. The Morgan fingerprint density at radius 2 is 1.61 bits per heavy atom. The van der Waals surface area contributed by atoms with Crippen molar-refractivity contribution in [3.8, 4) is 5.69 Å². The number of hydrogen-bond acceptors (Lipinski definition) is 3. The second-order valence-corrected chi connectivity index (χ2v) is 8.70. The maximum Gasteiger partial charge on any atom is 0.416 e. The van der Waals surface area contributed by atoms with Crippen LogP contribution in [0.3, 0.4) is 0 Å². The molecule has 4 rings (SSSR count). The number of ether oxygens (including phenoxy) is 1. The van der Waals surface area contributed by atoms with E-state index in [0.29, 0.717) is 5.56 Å². The molecule has 0 aliphatic carbocycles. The molecule has 0 unspecified atom stereocenters. The molecule has 1 aliphatic heterocycles. The Bertz CT molecular complexity index is 1440. The van der Waals surface area contributed by atoms with Gasteiger partial charge in [-0.25, -0.2) is 4.79 Å². The Balaban J connectivity index is 1.85. The fraction of sp³-hybridized carbons (Fsp3) is 0.214. The molecule has 8 heteroatoms. The lowest BCUT2D eigenvalue weighted by molar-refractivity contribution is -0.137. The molecule has 0 spiro atoms. The Hall–Kier alpha value is -4.07. The van der Waals surface area contributed by atoms with E-state index in [1.165, 1.54) is 26.2 Å².